The van der Waals surface area contributed by atoms with E-state index in [1.54, 1.807) is 54.9 Å². The van der Waals surface area contributed by atoms with Crippen molar-refractivity contribution in [1.29, 1.82) is 0 Å². The first-order valence-corrected chi connectivity index (χ1v) is 10.6. The molecule has 0 fully saturated rings. The molecular weight excluding hydrogens is 404 g/mol. The maximum absolute atomic E-state index is 13.3. The molecule has 9 heteroatoms. The zero-order chi connectivity index (χ0) is 21.1. The molecule has 0 spiro atoms. The molecule has 3 aromatic carbocycles. The molecule has 1 amide bonds. The van der Waals surface area contributed by atoms with Gasteiger partial charge in [-0.25, -0.2) is 18.5 Å². The molecule has 0 saturated carbocycles. The molecule has 5 rings (SSSR count). The highest BCUT2D eigenvalue weighted by Gasteiger charge is 2.50. The van der Waals surface area contributed by atoms with Crippen LogP contribution in [-0.4, -0.2) is 29.4 Å². The van der Waals surface area contributed by atoms with Crippen LogP contribution in [-0.2, 0) is 15.7 Å². The largest absolute Gasteiger partial charge is 0.363 e. The molecule has 1 unspecified atom stereocenters. The van der Waals surface area contributed by atoms with E-state index in [0.29, 0.717) is 27.7 Å². The minimum Gasteiger partial charge on any atom is -0.363 e. The normalized spacial score (nSPS) is 18.7. The molecule has 30 heavy (non-hydrogen) atoms. The number of nitrogens with one attached hydrogen (secondary N) is 1. The van der Waals surface area contributed by atoms with E-state index in [4.69, 9.17) is 5.14 Å². The molecular formula is C21H16N4O4S. The lowest BCUT2D eigenvalue weighted by molar-refractivity contribution is 0.0704. The fraction of sp³-hybridized carbons (Fsp3) is 0.0476. The topological polar surface area (TPSA) is 129 Å². The molecule has 1 atom stereocenters. The summed E-state index contributed by atoms with van der Waals surface area (Å²) in [6.07, 6.45) is 1.54. The first-order valence-electron chi connectivity index (χ1n) is 9.03. The van der Waals surface area contributed by atoms with E-state index in [1.165, 1.54) is 23.1 Å². The number of amides is 1. The highest BCUT2D eigenvalue weighted by molar-refractivity contribution is 7.89. The SMILES string of the molecule is NS(=O)(=O)c1cccc(N2C(=O)c3ccccc3C2(O)c2ccc3nc[nH]c3c2)c1. The number of benzene rings is 3. The number of carbonyl (C=O) groups is 1. The van der Waals surface area contributed by atoms with Gasteiger partial charge in [-0.15, -0.1) is 0 Å². The van der Waals surface area contributed by atoms with Crippen molar-refractivity contribution in [2.75, 3.05) is 4.90 Å². The van der Waals surface area contributed by atoms with Crippen LogP contribution in [0.15, 0.2) is 78.0 Å². The number of nitrogens with zero attached hydrogens (tertiary/aromatic N) is 2. The Labute approximate surface area is 171 Å². The second kappa shape index (κ2) is 6.23. The van der Waals surface area contributed by atoms with Crippen LogP contribution in [0.4, 0.5) is 5.69 Å². The number of hydrogen-bond donors (Lipinski definition) is 3. The molecule has 2 heterocycles. The number of aromatic amines is 1. The summed E-state index contributed by atoms with van der Waals surface area (Å²) in [6, 6.07) is 17.5. The van der Waals surface area contributed by atoms with E-state index >= 15 is 0 Å². The summed E-state index contributed by atoms with van der Waals surface area (Å²) in [7, 11) is -4.00. The Morgan fingerprint density at radius 1 is 1.03 bits per heavy atom. The van der Waals surface area contributed by atoms with Gasteiger partial charge in [0.15, 0.2) is 5.72 Å². The summed E-state index contributed by atoms with van der Waals surface area (Å²) in [5, 5.41) is 17.2. The maximum Gasteiger partial charge on any atom is 0.261 e. The number of carbonyl (C=O) groups excluding carboxylic acids is 1. The number of fused-ring (bicyclic) bond motifs is 2. The first kappa shape index (κ1) is 18.5. The number of aliphatic hydroxyl groups is 1. The number of nitrogens with two attached hydrogens (primary N) is 1. The smallest absolute Gasteiger partial charge is 0.261 e. The van der Waals surface area contributed by atoms with Gasteiger partial charge in [0.25, 0.3) is 5.91 Å². The van der Waals surface area contributed by atoms with Crippen molar-refractivity contribution in [3.8, 4) is 0 Å². The number of anilines is 1. The second-order valence-electron chi connectivity index (χ2n) is 7.04. The van der Waals surface area contributed by atoms with Gasteiger partial charge in [0, 0.05) is 22.4 Å². The van der Waals surface area contributed by atoms with Crippen LogP contribution in [0.2, 0.25) is 0 Å². The monoisotopic (exact) mass is 420 g/mol. The predicted molar refractivity (Wildman–Crippen MR) is 110 cm³/mol. The zero-order valence-electron chi connectivity index (χ0n) is 15.5. The van der Waals surface area contributed by atoms with Gasteiger partial charge < -0.3 is 10.1 Å². The molecule has 4 N–H and O–H groups in total. The number of H-pyrrole nitrogens is 1. The molecule has 1 aromatic heterocycles. The standard InChI is InChI=1S/C21H16N4O4S/c22-30(28,29)15-5-3-4-14(11-15)25-20(26)16-6-1-2-7-17(16)21(25,27)13-8-9-18-19(10-13)24-12-23-18/h1-12,27H,(H,23,24)(H2,22,28,29). The number of aromatic nitrogens is 2. The van der Waals surface area contributed by atoms with Crippen molar-refractivity contribution in [2.45, 2.75) is 10.6 Å². The Morgan fingerprint density at radius 2 is 1.83 bits per heavy atom. The van der Waals surface area contributed by atoms with Gasteiger partial charge in [-0.3, -0.25) is 9.69 Å². The molecule has 1 aliphatic rings. The van der Waals surface area contributed by atoms with E-state index in [0.717, 1.165) is 0 Å². The van der Waals surface area contributed by atoms with Gasteiger partial charge in [0.1, 0.15) is 0 Å². The summed E-state index contributed by atoms with van der Waals surface area (Å²) in [5.74, 6) is -0.454. The zero-order valence-corrected chi connectivity index (χ0v) is 16.3. The second-order valence-corrected chi connectivity index (χ2v) is 8.60. The molecule has 1 aliphatic heterocycles. The van der Waals surface area contributed by atoms with E-state index < -0.39 is 21.7 Å². The van der Waals surface area contributed by atoms with Crippen LogP contribution in [0.1, 0.15) is 21.5 Å². The lowest BCUT2D eigenvalue weighted by Gasteiger charge is -2.35. The average Bonchev–Trinajstić information content (AvgIpc) is 3.29. The highest BCUT2D eigenvalue weighted by Crippen LogP contribution is 2.45. The van der Waals surface area contributed by atoms with Crippen molar-refractivity contribution < 1.29 is 18.3 Å². The van der Waals surface area contributed by atoms with Crippen LogP contribution in [0.3, 0.4) is 0 Å². The minimum atomic E-state index is -4.00. The first-order chi connectivity index (χ1) is 14.3. The van der Waals surface area contributed by atoms with Crippen LogP contribution in [0.25, 0.3) is 11.0 Å². The van der Waals surface area contributed by atoms with Crippen molar-refractivity contribution in [1.82, 2.24) is 9.97 Å². The summed E-state index contributed by atoms with van der Waals surface area (Å²) in [4.78, 5) is 21.5. The third-order valence-electron chi connectivity index (χ3n) is 5.29. The Morgan fingerprint density at radius 3 is 2.63 bits per heavy atom. The van der Waals surface area contributed by atoms with Crippen molar-refractivity contribution in [2.24, 2.45) is 5.14 Å². The number of imidazole rings is 1. The third kappa shape index (κ3) is 2.57. The van der Waals surface area contributed by atoms with E-state index in [-0.39, 0.29) is 10.6 Å². The van der Waals surface area contributed by atoms with E-state index in [2.05, 4.69) is 9.97 Å². The van der Waals surface area contributed by atoms with Crippen LogP contribution in [0.5, 0.6) is 0 Å². The summed E-state index contributed by atoms with van der Waals surface area (Å²) in [6.45, 7) is 0. The summed E-state index contributed by atoms with van der Waals surface area (Å²) < 4.78 is 23.7. The Bertz CT molecular complexity index is 1430. The van der Waals surface area contributed by atoms with Gasteiger partial charge in [-0.05, 0) is 36.4 Å². The lowest BCUT2D eigenvalue weighted by atomic mass is 9.93. The molecule has 4 aromatic rings. The molecule has 0 radical (unpaired) electrons. The van der Waals surface area contributed by atoms with Crippen molar-refractivity contribution >= 4 is 32.7 Å². The number of hydrogen-bond acceptors (Lipinski definition) is 5. The van der Waals surface area contributed by atoms with Crippen LogP contribution in [0, 0.1) is 0 Å². The van der Waals surface area contributed by atoms with Crippen LogP contribution >= 0.6 is 0 Å². The summed E-state index contributed by atoms with van der Waals surface area (Å²) >= 11 is 0. The Kier molecular flexibility index (Phi) is 3.84. The molecule has 0 aliphatic carbocycles. The molecule has 8 nitrogen and oxygen atoms in total. The molecule has 0 saturated heterocycles. The lowest BCUT2D eigenvalue weighted by Crippen LogP contribution is -2.45. The molecule has 0 bridgehead atoms. The van der Waals surface area contributed by atoms with Gasteiger partial charge in [0.2, 0.25) is 10.0 Å². The minimum absolute atomic E-state index is 0.157. The third-order valence-corrected chi connectivity index (χ3v) is 6.20. The number of primary sulfonamides is 1. The average molecular weight is 420 g/mol. The van der Waals surface area contributed by atoms with E-state index in [1.807, 2.05) is 0 Å². The number of sulfonamides is 1. The van der Waals surface area contributed by atoms with Crippen LogP contribution < -0.4 is 10.0 Å². The van der Waals surface area contributed by atoms with Gasteiger partial charge >= 0.3 is 0 Å². The Balaban J connectivity index is 1.78. The van der Waals surface area contributed by atoms with Crippen molar-refractivity contribution in [3.63, 3.8) is 0 Å². The highest BCUT2D eigenvalue weighted by atomic mass is 32.2. The van der Waals surface area contributed by atoms with Gasteiger partial charge in [-0.1, -0.05) is 30.3 Å². The van der Waals surface area contributed by atoms with E-state index in [9.17, 15) is 18.3 Å². The quantitative estimate of drug-likeness (QED) is 0.467. The maximum atomic E-state index is 13.3. The molecule has 150 valence electrons. The Hall–Kier alpha value is -3.53. The number of rotatable bonds is 3. The predicted octanol–water partition coefficient (Wildman–Crippen LogP) is 2.06. The van der Waals surface area contributed by atoms with Gasteiger partial charge in [-0.2, -0.15) is 0 Å². The fourth-order valence-corrected chi connectivity index (χ4v) is 4.46. The van der Waals surface area contributed by atoms with Gasteiger partial charge in [0.05, 0.1) is 22.3 Å². The summed E-state index contributed by atoms with van der Waals surface area (Å²) in [5.41, 5.74) is 0.900. The van der Waals surface area contributed by atoms with Crippen molar-refractivity contribution in [3.05, 3.63) is 89.7 Å². The fourth-order valence-electron chi connectivity index (χ4n) is 3.90.